The van der Waals surface area contributed by atoms with E-state index in [1.807, 2.05) is 47.3 Å². The Hall–Kier alpha value is -2.49. The number of carbonyl (C=O) groups is 1. The Balaban J connectivity index is 1.65. The molecule has 0 aliphatic heterocycles. The highest BCUT2D eigenvalue weighted by Gasteiger charge is 2.17. The molecule has 0 saturated heterocycles. The number of hydrogen-bond donors (Lipinski definition) is 1. The van der Waals surface area contributed by atoms with Gasteiger partial charge in [0.25, 0.3) is 0 Å². The topological polar surface area (TPSA) is 45.3 Å². The van der Waals surface area contributed by atoms with Crippen LogP contribution >= 0.6 is 0 Å². The largest absolute Gasteiger partial charge is 0.305 e. The van der Waals surface area contributed by atoms with Crippen LogP contribution in [0.25, 0.3) is 0 Å². The number of fused-ring (bicyclic) bond motifs is 1. The number of benzene rings is 1. The lowest BCUT2D eigenvalue weighted by Gasteiger charge is -2.01. The number of hydrogen-bond acceptors (Lipinski definition) is 2. The molecule has 1 N–H and O–H groups in total. The fraction of sp³-hybridized carbons (Fsp3) is 0.188. The second-order valence-electron chi connectivity index (χ2n) is 4.80. The van der Waals surface area contributed by atoms with Gasteiger partial charge in [-0.25, -0.2) is 5.43 Å². The molecule has 0 spiro atoms. The van der Waals surface area contributed by atoms with E-state index >= 15 is 0 Å². The first-order valence-corrected chi connectivity index (χ1v) is 6.71. The van der Waals surface area contributed by atoms with E-state index in [-0.39, 0.29) is 12.5 Å². The number of nitrogens with zero attached hydrogens (tertiary/aromatic N) is 2. The van der Waals surface area contributed by atoms with Gasteiger partial charge < -0.3 is 0 Å². The van der Waals surface area contributed by atoms with Crippen molar-refractivity contribution in [1.82, 2.24) is 5.43 Å². The first kappa shape index (κ1) is 12.5. The summed E-state index contributed by atoms with van der Waals surface area (Å²) in [6, 6.07) is 13.9. The number of aromatic nitrogens is 1. The minimum atomic E-state index is -0.113. The summed E-state index contributed by atoms with van der Waals surface area (Å²) < 4.78 is 1.82. The molecule has 0 fully saturated rings. The Bertz CT molecular complexity index is 650. The summed E-state index contributed by atoms with van der Waals surface area (Å²) >= 11 is 0. The SMILES string of the molecule is O=C(C[n+]1ccccc1)NN=C1CCc2ccccc21. The summed E-state index contributed by atoms with van der Waals surface area (Å²) in [5, 5.41) is 4.26. The van der Waals surface area contributed by atoms with E-state index < -0.39 is 0 Å². The number of pyridine rings is 1. The molecule has 1 aliphatic rings. The lowest BCUT2D eigenvalue weighted by molar-refractivity contribution is -0.684. The molecule has 1 aromatic carbocycles. The van der Waals surface area contributed by atoms with Crippen LogP contribution in [0.2, 0.25) is 0 Å². The molecule has 0 saturated carbocycles. The quantitative estimate of drug-likeness (QED) is 0.663. The molecular formula is C16H16N3O+. The van der Waals surface area contributed by atoms with E-state index in [0.717, 1.165) is 24.1 Å². The first-order chi connectivity index (χ1) is 9.83. The van der Waals surface area contributed by atoms with Gasteiger partial charge in [0.05, 0.1) is 5.71 Å². The van der Waals surface area contributed by atoms with E-state index in [1.165, 1.54) is 5.56 Å². The summed E-state index contributed by atoms with van der Waals surface area (Å²) in [5.74, 6) is -0.113. The van der Waals surface area contributed by atoms with Crippen LogP contribution in [-0.4, -0.2) is 11.6 Å². The van der Waals surface area contributed by atoms with Gasteiger partial charge in [-0.05, 0) is 18.4 Å². The third kappa shape index (κ3) is 2.74. The molecule has 3 rings (SSSR count). The summed E-state index contributed by atoms with van der Waals surface area (Å²) in [6.07, 6.45) is 5.60. The Morgan fingerprint density at radius 3 is 2.75 bits per heavy atom. The number of carbonyl (C=O) groups excluding carboxylic acids is 1. The molecule has 4 heteroatoms. The van der Waals surface area contributed by atoms with Crippen molar-refractivity contribution in [3.05, 3.63) is 66.0 Å². The lowest BCUT2D eigenvalue weighted by atomic mass is 10.1. The van der Waals surface area contributed by atoms with Gasteiger partial charge in [-0.1, -0.05) is 30.3 Å². The van der Waals surface area contributed by atoms with Gasteiger partial charge in [0.1, 0.15) is 0 Å². The highest BCUT2D eigenvalue weighted by atomic mass is 16.2. The predicted octanol–water partition coefficient (Wildman–Crippen LogP) is 1.44. The molecule has 1 aromatic heterocycles. The van der Waals surface area contributed by atoms with Crippen molar-refractivity contribution in [2.75, 3.05) is 0 Å². The molecular weight excluding hydrogens is 250 g/mol. The second kappa shape index (κ2) is 5.65. The van der Waals surface area contributed by atoms with Crippen molar-refractivity contribution in [1.29, 1.82) is 0 Å². The molecule has 4 nitrogen and oxygen atoms in total. The maximum Gasteiger partial charge on any atom is 0.305 e. The average molecular weight is 266 g/mol. The molecule has 1 heterocycles. The third-order valence-electron chi connectivity index (χ3n) is 3.38. The molecule has 0 radical (unpaired) electrons. The van der Waals surface area contributed by atoms with Crippen molar-refractivity contribution >= 4 is 11.6 Å². The van der Waals surface area contributed by atoms with Crippen molar-refractivity contribution in [2.24, 2.45) is 5.10 Å². The van der Waals surface area contributed by atoms with Crippen LogP contribution in [0.5, 0.6) is 0 Å². The van der Waals surface area contributed by atoms with Crippen molar-refractivity contribution < 1.29 is 9.36 Å². The number of amides is 1. The second-order valence-corrected chi connectivity index (χ2v) is 4.80. The number of rotatable bonds is 3. The van der Waals surface area contributed by atoms with Crippen LogP contribution in [0.3, 0.4) is 0 Å². The molecule has 2 aromatic rings. The van der Waals surface area contributed by atoms with Crippen LogP contribution in [0, 0.1) is 0 Å². The number of nitrogens with one attached hydrogen (secondary N) is 1. The zero-order valence-corrected chi connectivity index (χ0v) is 11.1. The summed E-state index contributed by atoms with van der Waals surface area (Å²) in [7, 11) is 0. The van der Waals surface area contributed by atoms with E-state index in [2.05, 4.69) is 22.7 Å². The Labute approximate surface area is 117 Å². The van der Waals surface area contributed by atoms with Crippen LogP contribution in [0.4, 0.5) is 0 Å². The zero-order valence-electron chi connectivity index (χ0n) is 11.1. The van der Waals surface area contributed by atoms with Gasteiger partial charge in [0.2, 0.25) is 6.54 Å². The molecule has 0 atom stereocenters. The lowest BCUT2D eigenvalue weighted by Crippen LogP contribution is -2.41. The predicted molar refractivity (Wildman–Crippen MR) is 76.1 cm³/mol. The van der Waals surface area contributed by atoms with E-state index in [1.54, 1.807) is 0 Å². The Morgan fingerprint density at radius 1 is 1.10 bits per heavy atom. The fourth-order valence-corrected chi connectivity index (χ4v) is 2.39. The van der Waals surface area contributed by atoms with Gasteiger partial charge in [-0.2, -0.15) is 9.67 Å². The summed E-state index contributed by atoms with van der Waals surface area (Å²) in [6.45, 7) is 0.277. The minimum absolute atomic E-state index is 0.113. The van der Waals surface area contributed by atoms with Crippen molar-refractivity contribution in [2.45, 2.75) is 19.4 Å². The van der Waals surface area contributed by atoms with Crippen molar-refractivity contribution in [3.8, 4) is 0 Å². The molecule has 0 bridgehead atoms. The summed E-state index contributed by atoms with van der Waals surface area (Å²) in [5.41, 5.74) is 6.06. The van der Waals surface area contributed by atoms with Crippen LogP contribution in [0.1, 0.15) is 17.5 Å². The first-order valence-electron chi connectivity index (χ1n) is 6.71. The van der Waals surface area contributed by atoms with Gasteiger partial charge >= 0.3 is 5.91 Å². The van der Waals surface area contributed by atoms with Gasteiger partial charge in [0.15, 0.2) is 12.4 Å². The van der Waals surface area contributed by atoms with E-state index in [0.29, 0.717) is 0 Å². The maximum absolute atomic E-state index is 11.8. The van der Waals surface area contributed by atoms with E-state index in [4.69, 9.17) is 0 Å². The molecule has 0 unspecified atom stereocenters. The molecule has 1 aliphatic carbocycles. The third-order valence-corrected chi connectivity index (χ3v) is 3.38. The molecule has 1 amide bonds. The monoisotopic (exact) mass is 266 g/mol. The standard InChI is InChI=1S/C16H15N3O/c20-16(12-19-10-4-1-5-11-19)18-17-15-9-8-13-6-2-3-7-14(13)15/h1-7,10-11H,8-9,12H2/p+1. The van der Waals surface area contributed by atoms with Gasteiger partial charge in [0, 0.05) is 17.7 Å². The zero-order chi connectivity index (χ0) is 13.8. The van der Waals surface area contributed by atoms with E-state index in [9.17, 15) is 4.79 Å². The maximum atomic E-state index is 11.8. The van der Waals surface area contributed by atoms with Crippen LogP contribution in [0.15, 0.2) is 60.0 Å². The fourth-order valence-electron chi connectivity index (χ4n) is 2.39. The van der Waals surface area contributed by atoms with Crippen molar-refractivity contribution in [3.63, 3.8) is 0 Å². The normalized spacial score (nSPS) is 15.1. The highest BCUT2D eigenvalue weighted by Crippen LogP contribution is 2.21. The van der Waals surface area contributed by atoms with Crippen LogP contribution < -0.4 is 9.99 Å². The average Bonchev–Trinajstić information content (AvgIpc) is 2.89. The number of hydrazone groups is 1. The smallest absolute Gasteiger partial charge is 0.266 e. The molecule has 100 valence electrons. The number of aryl methyl sites for hydroxylation is 1. The minimum Gasteiger partial charge on any atom is -0.266 e. The van der Waals surface area contributed by atoms with Gasteiger partial charge in [-0.15, -0.1) is 0 Å². The Morgan fingerprint density at radius 2 is 1.90 bits per heavy atom. The highest BCUT2D eigenvalue weighted by molar-refractivity contribution is 6.04. The summed E-state index contributed by atoms with van der Waals surface area (Å²) in [4.78, 5) is 11.8. The van der Waals surface area contributed by atoms with Gasteiger partial charge in [-0.3, -0.25) is 4.79 Å². The Kier molecular flexibility index (Phi) is 3.54. The molecule has 20 heavy (non-hydrogen) atoms. The van der Waals surface area contributed by atoms with Crippen LogP contribution in [-0.2, 0) is 17.8 Å².